The summed E-state index contributed by atoms with van der Waals surface area (Å²) in [5.41, 5.74) is 8.26. The fourth-order valence-electron chi connectivity index (χ4n) is 1.98. The van der Waals surface area contributed by atoms with Crippen LogP contribution in [0.15, 0.2) is 48.5 Å². The summed E-state index contributed by atoms with van der Waals surface area (Å²) in [7, 11) is 4.03. The van der Waals surface area contributed by atoms with Gasteiger partial charge >= 0.3 is 0 Å². The van der Waals surface area contributed by atoms with Gasteiger partial charge in [0.15, 0.2) is 0 Å². The Hall–Kier alpha value is -2.00. The van der Waals surface area contributed by atoms with E-state index in [2.05, 4.69) is 17.9 Å². The number of hydrogen-bond donors (Lipinski definition) is 1. The normalized spacial score (nSPS) is 12.0. The number of hydrogen-bond acceptors (Lipinski definition) is 3. The molecule has 0 unspecified atom stereocenters. The van der Waals surface area contributed by atoms with Crippen molar-refractivity contribution in [3.8, 4) is 11.5 Å². The monoisotopic (exact) mass is 270 g/mol. The first-order valence-corrected chi connectivity index (χ1v) is 6.91. The lowest BCUT2D eigenvalue weighted by Gasteiger charge is -2.14. The molecule has 0 radical (unpaired) electrons. The van der Waals surface area contributed by atoms with Crippen molar-refractivity contribution in [2.24, 2.45) is 5.73 Å². The van der Waals surface area contributed by atoms with Gasteiger partial charge in [0.1, 0.15) is 11.5 Å². The van der Waals surface area contributed by atoms with E-state index in [1.54, 1.807) is 0 Å². The van der Waals surface area contributed by atoms with Crippen molar-refractivity contribution in [1.29, 1.82) is 0 Å². The van der Waals surface area contributed by atoms with Gasteiger partial charge in [-0.25, -0.2) is 0 Å². The summed E-state index contributed by atoms with van der Waals surface area (Å²) in [5, 5.41) is 0. The van der Waals surface area contributed by atoms with Gasteiger partial charge in [-0.15, -0.1) is 0 Å². The van der Waals surface area contributed by atoms with Gasteiger partial charge in [-0.3, -0.25) is 0 Å². The van der Waals surface area contributed by atoms with E-state index in [1.807, 2.05) is 56.6 Å². The van der Waals surface area contributed by atoms with Crippen LogP contribution in [0.25, 0.3) is 0 Å². The van der Waals surface area contributed by atoms with E-state index in [0.717, 1.165) is 29.2 Å². The average Bonchev–Trinajstić information content (AvgIpc) is 2.47. The molecule has 2 rings (SSSR count). The Morgan fingerprint density at radius 1 is 1.05 bits per heavy atom. The van der Waals surface area contributed by atoms with Crippen LogP contribution in [0.4, 0.5) is 5.69 Å². The van der Waals surface area contributed by atoms with Crippen molar-refractivity contribution in [3.05, 3.63) is 54.1 Å². The standard InChI is InChI=1S/C17H22N2O/c1-4-17(18)13-8-10-15(11-9-13)20-16-7-5-6-14(12-16)19(2)3/h5-12,17H,4,18H2,1-3H3/t17-/m1/s1. The molecule has 20 heavy (non-hydrogen) atoms. The number of anilines is 1. The third-order valence-corrected chi connectivity index (χ3v) is 3.32. The molecule has 0 aliphatic heterocycles. The summed E-state index contributed by atoms with van der Waals surface area (Å²) in [5.74, 6) is 1.66. The first kappa shape index (κ1) is 14.4. The van der Waals surface area contributed by atoms with Crippen molar-refractivity contribution < 1.29 is 4.74 Å². The maximum Gasteiger partial charge on any atom is 0.129 e. The molecular weight excluding hydrogens is 248 g/mol. The first-order valence-electron chi connectivity index (χ1n) is 6.91. The molecule has 2 aromatic rings. The summed E-state index contributed by atoms with van der Waals surface area (Å²) >= 11 is 0. The molecule has 0 saturated carbocycles. The van der Waals surface area contributed by atoms with Gasteiger partial charge in [0.05, 0.1) is 0 Å². The maximum absolute atomic E-state index is 6.00. The summed E-state index contributed by atoms with van der Waals surface area (Å²) in [6, 6.07) is 16.1. The van der Waals surface area contributed by atoms with Gasteiger partial charge in [0, 0.05) is 31.9 Å². The van der Waals surface area contributed by atoms with Crippen LogP contribution in [0.1, 0.15) is 24.9 Å². The molecule has 0 heterocycles. The predicted octanol–water partition coefficient (Wildman–Crippen LogP) is 3.95. The zero-order valence-electron chi connectivity index (χ0n) is 12.3. The van der Waals surface area contributed by atoms with Crippen LogP contribution < -0.4 is 15.4 Å². The Morgan fingerprint density at radius 2 is 1.75 bits per heavy atom. The molecule has 2 aromatic carbocycles. The number of ether oxygens (including phenoxy) is 1. The molecule has 1 atom stereocenters. The predicted molar refractivity (Wildman–Crippen MR) is 84.5 cm³/mol. The molecule has 0 fully saturated rings. The van der Waals surface area contributed by atoms with E-state index in [-0.39, 0.29) is 6.04 Å². The van der Waals surface area contributed by atoms with E-state index >= 15 is 0 Å². The highest BCUT2D eigenvalue weighted by atomic mass is 16.5. The SMILES string of the molecule is CC[C@@H](N)c1ccc(Oc2cccc(N(C)C)c2)cc1. The van der Waals surface area contributed by atoms with Gasteiger partial charge in [-0.2, -0.15) is 0 Å². The van der Waals surface area contributed by atoms with Gasteiger partial charge in [-0.05, 0) is 36.2 Å². The Labute approximate surface area is 121 Å². The summed E-state index contributed by atoms with van der Waals surface area (Å²) in [4.78, 5) is 2.05. The Balaban J connectivity index is 2.12. The van der Waals surface area contributed by atoms with Gasteiger partial charge in [0.25, 0.3) is 0 Å². The van der Waals surface area contributed by atoms with E-state index in [0.29, 0.717) is 0 Å². The molecule has 0 aliphatic carbocycles. The lowest BCUT2D eigenvalue weighted by molar-refractivity contribution is 0.482. The zero-order valence-corrected chi connectivity index (χ0v) is 12.3. The quantitative estimate of drug-likeness (QED) is 0.894. The Kier molecular flexibility index (Phi) is 4.64. The molecule has 0 saturated heterocycles. The van der Waals surface area contributed by atoms with E-state index in [9.17, 15) is 0 Å². The summed E-state index contributed by atoms with van der Waals surface area (Å²) in [6.45, 7) is 2.09. The molecule has 0 aromatic heterocycles. The topological polar surface area (TPSA) is 38.5 Å². The van der Waals surface area contributed by atoms with Crippen LogP contribution >= 0.6 is 0 Å². The largest absolute Gasteiger partial charge is 0.457 e. The molecule has 0 amide bonds. The third-order valence-electron chi connectivity index (χ3n) is 3.32. The van der Waals surface area contributed by atoms with Crippen LogP contribution in [0.5, 0.6) is 11.5 Å². The number of benzene rings is 2. The minimum atomic E-state index is 0.0983. The number of rotatable bonds is 5. The first-order chi connectivity index (χ1) is 9.60. The number of nitrogens with two attached hydrogens (primary N) is 1. The molecule has 0 aliphatic rings. The molecule has 3 heteroatoms. The third kappa shape index (κ3) is 3.52. The fourth-order valence-corrected chi connectivity index (χ4v) is 1.98. The maximum atomic E-state index is 6.00. The second-order valence-electron chi connectivity index (χ2n) is 5.08. The molecule has 106 valence electrons. The molecular formula is C17H22N2O. The van der Waals surface area contributed by atoms with Crippen molar-refractivity contribution in [2.75, 3.05) is 19.0 Å². The second-order valence-corrected chi connectivity index (χ2v) is 5.08. The van der Waals surface area contributed by atoms with Crippen LogP contribution in [0, 0.1) is 0 Å². The van der Waals surface area contributed by atoms with Crippen LogP contribution in [-0.4, -0.2) is 14.1 Å². The summed E-state index contributed by atoms with van der Waals surface area (Å²) < 4.78 is 5.87. The van der Waals surface area contributed by atoms with Crippen molar-refractivity contribution in [3.63, 3.8) is 0 Å². The molecule has 2 N–H and O–H groups in total. The zero-order chi connectivity index (χ0) is 14.5. The minimum absolute atomic E-state index is 0.0983. The van der Waals surface area contributed by atoms with Crippen LogP contribution in [-0.2, 0) is 0 Å². The van der Waals surface area contributed by atoms with Crippen LogP contribution in [0.2, 0.25) is 0 Å². The van der Waals surface area contributed by atoms with Crippen molar-refractivity contribution in [1.82, 2.24) is 0 Å². The smallest absolute Gasteiger partial charge is 0.129 e. The molecule has 0 bridgehead atoms. The summed E-state index contributed by atoms with van der Waals surface area (Å²) in [6.07, 6.45) is 0.936. The lowest BCUT2D eigenvalue weighted by atomic mass is 10.1. The van der Waals surface area contributed by atoms with E-state index in [4.69, 9.17) is 10.5 Å². The van der Waals surface area contributed by atoms with E-state index in [1.165, 1.54) is 0 Å². The Morgan fingerprint density at radius 3 is 2.35 bits per heavy atom. The van der Waals surface area contributed by atoms with Gasteiger partial charge in [0.2, 0.25) is 0 Å². The van der Waals surface area contributed by atoms with Crippen molar-refractivity contribution in [2.45, 2.75) is 19.4 Å². The average molecular weight is 270 g/mol. The van der Waals surface area contributed by atoms with Crippen molar-refractivity contribution >= 4 is 5.69 Å². The van der Waals surface area contributed by atoms with Gasteiger partial charge in [-0.1, -0.05) is 25.1 Å². The second kappa shape index (κ2) is 6.44. The lowest BCUT2D eigenvalue weighted by Crippen LogP contribution is -2.08. The van der Waals surface area contributed by atoms with Crippen LogP contribution in [0.3, 0.4) is 0 Å². The number of nitrogens with zero attached hydrogens (tertiary/aromatic N) is 1. The highest BCUT2D eigenvalue weighted by Crippen LogP contribution is 2.26. The van der Waals surface area contributed by atoms with Gasteiger partial charge < -0.3 is 15.4 Å². The highest BCUT2D eigenvalue weighted by molar-refractivity contribution is 5.50. The Bertz CT molecular complexity index is 549. The highest BCUT2D eigenvalue weighted by Gasteiger charge is 2.04. The molecule has 3 nitrogen and oxygen atoms in total. The fraction of sp³-hybridized carbons (Fsp3) is 0.294. The molecule has 0 spiro atoms. The minimum Gasteiger partial charge on any atom is -0.457 e. The van der Waals surface area contributed by atoms with E-state index < -0.39 is 0 Å².